The van der Waals surface area contributed by atoms with Gasteiger partial charge < -0.3 is 21.1 Å². The molecule has 1 fully saturated rings. The van der Waals surface area contributed by atoms with Crippen molar-refractivity contribution >= 4 is 23.2 Å². The molecule has 1 amide bonds. The fourth-order valence-corrected chi connectivity index (χ4v) is 3.03. The molecule has 1 aliphatic rings. The number of nitrogens with zero attached hydrogens (tertiary/aromatic N) is 1. The van der Waals surface area contributed by atoms with Crippen LogP contribution >= 0.6 is 11.6 Å². The number of amides is 1. The van der Waals surface area contributed by atoms with Gasteiger partial charge in [-0.2, -0.15) is 0 Å². The van der Waals surface area contributed by atoms with Gasteiger partial charge in [-0.05, 0) is 35.9 Å². The highest BCUT2D eigenvalue weighted by atomic mass is 35.5. The largest absolute Gasteiger partial charge is 0.508 e. The Morgan fingerprint density at radius 2 is 1.87 bits per heavy atom. The van der Waals surface area contributed by atoms with Crippen molar-refractivity contribution in [3.63, 3.8) is 0 Å². The van der Waals surface area contributed by atoms with E-state index < -0.39 is 5.91 Å². The number of benzene rings is 2. The van der Waals surface area contributed by atoms with Crippen LogP contribution in [0.25, 0.3) is 11.1 Å². The SMILES string of the molecule is NC(=O)c1cc(N2CCNCC2)ccc1-c1cc(O)ccc1Cl. The van der Waals surface area contributed by atoms with E-state index in [1.807, 2.05) is 12.1 Å². The summed E-state index contributed by atoms with van der Waals surface area (Å²) in [4.78, 5) is 14.1. The van der Waals surface area contributed by atoms with E-state index in [0.29, 0.717) is 21.7 Å². The molecule has 1 saturated heterocycles. The summed E-state index contributed by atoms with van der Waals surface area (Å²) in [5.74, 6) is -0.428. The Morgan fingerprint density at radius 1 is 1.13 bits per heavy atom. The average Bonchev–Trinajstić information content (AvgIpc) is 2.57. The molecule has 6 heteroatoms. The van der Waals surface area contributed by atoms with Gasteiger partial charge in [-0.1, -0.05) is 17.7 Å². The molecule has 0 unspecified atom stereocenters. The molecule has 3 rings (SSSR count). The molecule has 23 heavy (non-hydrogen) atoms. The maximum Gasteiger partial charge on any atom is 0.249 e. The maximum absolute atomic E-state index is 11.9. The number of primary amides is 1. The van der Waals surface area contributed by atoms with Crippen LogP contribution in [0, 0.1) is 0 Å². The first-order valence-electron chi connectivity index (χ1n) is 7.44. The van der Waals surface area contributed by atoms with Crippen LogP contribution in [0.1, 0.15) is 10.4 Å². The van der Waals surface area contributed by atoms with Gasteiger partial charge in [-0.3, -0.25) is 4.79 Å². The fraction of sp³-hybridized carbons (Fsp3) is 0.235. The second kappa shape index (κ2) is 6.48. The Kier molecular flexibility index (Phi) is 4.41. The molecule has 0 saturated carbocycles. The van der Waals surface area contributed by atoms with Gasteiger partial charge in [0.1, 0.15) is 5.75 Å². The summed E-state index contributed by atoms with van der Waals surface area (Å²) in [6.45, 7) is 3.58. The predicted molar refractivity (Wildman–Crippen MR) is 92.2 cm³/mol. The molecule has 120 valence electrons. The van der Waals surface area contributed by atoms with Crippen molar-refractivity contribution in [2.24, 2.45) is 5.73 Å². The van der Waals surface area contributed by atoms with Crippen LogP contribution in [-0.4, -0.2) is 37.2 Å². The Balaban J connectivity index is 2.07. The maximum atomic E-state index is 11.9. The number of rotatable bonds is 3. The Hall–Kier alpha value is -2.24. The molecular weight excluding hydrogens is 314 g/mol. The van der Waals surface area contributed by atoms with Gasteiger partial charge in [0.25, 0.3) is 0 Å². The van der Waals surface area contributed by atoms with Gasteiger partial charge in [0.05, 0.1) is 0 Å². The monoisotopic (exact) mass is 331 g/mol. The molecule has 0 aliphatic carbocycles. The number of nitrogens with one attached hydrogen (secondary N) is 1. The minimum Gasteiger partial charge on any atom is -0.508 e. The molecule has 0 radical (unpaired) electrons. The van der Waals surface area contributed by atoms with E-state index in [9.17, 15) is 9.90 Å². The first-order valence-corrected chi connectivity index (χ1v) is 7.82. The summed E-state index contributed by atoms with van der Waals surface area (Å²) in [6, 6.07) is 10.2. The molecule has 5 nitrogen and oxygen atoms in total. The van der Waals surface area contributed by atoms with Gasteiger partial charge >= 0.3 is 0 Å². The van der Waals surface area contributed by atoms with Crippen LogP contribution in [-0.2, 0) is 0 Å². The van der Waals surface area contributed by atoms with Gasteiger partial charge in [0, 0.05) is 48.0 Å². The van der Waals surface area contributed by atoms with Gasteiger partial charge in [-0.25, -0.2) is 0 Å². The average molecular weight is 332 g/mol. The van der Waals surface area contributed by atoms with E-state index in [1.165, 1.54) is 12.1 Å². The summed E-state index contributed by atoms with van der Waals surface area (Å²) < 4.78 is 0. The molecule has 0 aromatic heterocycles. The van der Waals surface area contributed by atoms with E-state index in [-0.39, 0.29) is 5.75 Å². The zero-order valence-corrected chi connectivity index (χ0v) is 13.3. The van der Waals surface area contributed by atoms with Crippen LogP contribution in [0.2, 0.25) is 5.02 Å². The summed E-state index contributed by atoms with van der Waals surface area (Å²) >= 11 is 6.21. The lowest BCUT2D eigenvalue weighted by molar-refractivity contribution is 0.100. The second-order valence-electron chi connectivity index (χ2n) is 5.50. The number of hydrogen-bond acceptors (Lipinski definition) is 4. The number of nitrogens with two attached hydrogens (primary N) is 1. The molecule has 1 heterocycles. The number of piperazine rings is 1. The standard InChI is InChI=1S/C17H18ClN3O2/c18-16-4-2-12(22)10-14(16)13-3-1-11(9-15(13)17(19)23)21-7-5-20-6-8-21/h1-4,9-10,20,22H,5-8H2,(H2,19,23). The Bertz CT molecular complexity index is 743. The van der Waals surface area contributed by atoms with E-state index in [0.717, 1.165) is 31.9 Å². The third-order valence-corrected chi connectivity index (χ3v) is 4.32. The van der Waals surface area contributed by atoms with Gasteiger partial charge in [0.2, 0.25) is 5.91 Å². The third kappa shape index (κ3) is 3.25. The summed E-state index contributed by atoms with van der Waals surface area (Å²) in [6.07, 6.45) is 0. The van der Waals surface area contributed by atoms with Crippen molar-refractivity contribution in [3.8, 4) is 16.9 Å². The predicted octanol–water partition coefficient (Wildman–Crippen LogP) is 2.22. The van der Waals surface area contributed by atoms with Crippen molar-refractivity contribution in [2.45, 2.75) is 0 Å². The third-order valence-electron chi connectivity index (χ3n) is 3.99. The number of aromatic hydroxyl groups is 1. The second-order valence-corrected chi connectivity index (χ2v) is 5.90. The lowest BCUT2D eigenvalue weighted by atomic mass is 9.98. The van der Waals surface area contributed by atoms with Crippen LogP contribution < -0.4 is 16.0 Å². The highest BCUT2D eigenvalue weighted by Crippen LogP contribution is 2.35. The number of anilines is 1. The highest BCUT2D eigenvalue weighted by Gasteiger charge is 2.17. The molecule has 1 aliphatic heterocycles. The van der Waals surface area contributed by atoms with Crippen LogP contribution in [0.5, 0.6) is 5.75 Å². The number of hydrogen-bond donors (Lipinski definition) is 3. The molecule has 0 spiro atoms. The summed E-state index contributed by atoms with van der Waals surface area (Å²) in [5, 5.41) is 13.4. The molecule has 0 bridgehead atoms. The van der Waals surface area contributed by atoms with Crippen molar-refractivity contribution in [1.29, 1.82) is 0 Å². The summed E-state index contributed by atoms with van der Waals surface area (Å²) in [7, 11) is 0. The van der Waals surface area contributed by atoms with Crippen molar-refractivity contribution in [1.82, 2.24) is 5.32 Å². The lowest BCUT2D eigenvalue weighted by Crippen LogP contribution is -2.43. The number of phenols is 1. The minimum atomic E-state index is -0.517. The Morgan fingerprint density at radius 3 is 2.57 bits per heavy atom. The first kappa shape index (κ1) is 15.6. The molecular formula is C17H18ClN3O2. The van der Waals surface area contributed by atoms with Crippen LogP contribution in [0.3, 0.4) is 0 Å². The van der Waals surface area contributed by atoms with Gasteiger partial charge in [-0.15, -0.1) is 0 Å². The number of carbonyl (C=O) groups excluding carboxylic acids is 1. The van der Waals surface area contributed by atoms with E-state index >= 15 is 0 Å². The fourth-order valence-electron chi connectivity index (χ4n) is 2.81. The van der Waals surface area contributed by atoms with E-state index in [2.05, 4.69) is 10.2 Å². The van der Waals surface area contributed by atoms with E-state index in [4.69, 9.17) is 17.3 Å². The normalized spacial score (nSPS) is 14.7. The summed E-state index contributed by atoms with van der Waals surface area (Å²) in [5.41, 5.74) is 8.13. The van der Waals surface area contributed by atoms with E-state index in [1.54, 1.807) is 12.1 Å². The van der Waals surface area contributed by atoms with Crippen molar-refractivity contribution in [3.05, 3.63) is 47.0 Å². The number of phenolic OH excluding ortho intramolecular Hbond substituents is 1. The zero-order valence-electron chi connectivity index (χ0n) is 12.6. The quantitative estimate of drug-likeness (QED) is 0.806. The van der Waals surface area contributed by atoms with Crippen molar-refractivity contribution < 1.29 is 9.90 Å². The lowest BCUT2D eigenvalue weighted by Gasteiger charge is -2.30. The zero-order chi connectivity index (χ0) is 16.4. The minimum absolute atomic E-state index is 0.0889. The van der Waals surface area contributed by atoms with Crippen LogP contribution in [0.4, 0.5) is 5.69 Å². The number of carbonyl (C=O) groups is 1. The Labute approximate surface area is 139 Å². The molecule has 2 aromatic rings. The first-order chi connectivity index (χ1) is 11.1. The highest BCUT2D eigenvalue weighted by molar-refractivity contribution is 6.33. The molecule has 2 aromatic carbocycles. The molecule has 0 atom stereocenters. The smallest absolute Gasteiger partial charge is 0.249 e. The number of halogens is 1. The molecule has 4 N–H and O–H groups in total. The van der Waals surface area contributed by atoms with Crippen molar-refractivity contribution in [2.75, 3.05) is 31.1 Å². The topological polar surface area (TPSA) is 78.6 Å². The van der Waals surface area contributed by atoms with Gasteiger partial charge in [0.15, 0.2) is 0 Å². The van der Waals surface area contributed by atoms with Crippen LogP contribution in [0.15, 0.2) is 36.4 Å².